The Kier molecular flexibility index (Phi) is 3.41. The lowest BCUT2D eigenvalue weighted by Crippen LogP contribution is -2.17. The van der Waals surface area contributed by atoms with Gasteiger partial charge in [0.1, 0.15) is 5.75 Å². The highest BCUT2D eigenvalue weighted by Gasteiger charge is 2.11. The molecule has 0 aromatic heterocycles. The standard InChI is InChI=1S/C17H19NO/c1-19-17-6-4-5-15(13-17)14-7-9-16(10-8-14)18-11-2-3-12-18/h4-10,13H,2-3,11-12H2,1H3. The summed E-state index contributed by atoms with van der Waals surface area (Å²) in [7, 11) is 1.70. The van der Waals surface area contributed by atoms with Crippen LogP contribution in [0.5, 0.6) is 5.75 Å². The van der Waals surface area contributed by atoms with Crippen LogP contribution in [0, 0.1) is 0 Å². The normalized spacial score (nSPS) is 14.7. The van der Waals surface area contributed by atoms with E-state index in [1.807, 2.05) is 12.1 Å². The molecular formula is C17H19NO. The van der Waals surface area contributed by atoms with Gasteiger partial charge in [-0.1, -0.05) is 24.3 Å². The van der Waals surface area contributed by atoms with Crippen LogP contribution in [-0.2, 0) is 0 Å². The molecule has 2 heteroatoms. The quantitative estimate of drug-likeness (QED) is 0.821. The lowest BCUT2D eigenvalue weighted by atomic mass is 10.0. The Morgan fingerprint density at radius 1 is 0.895 bits per heavy atom. The number of hydrogen-bond donors (Lipinski definition) is 0. The van der Waals surface area contributed by atoms with E-state index in [0.29, 0.717) is 0 Å². The largest absolute Gasteiger partial charge is 0.497 e. The second kappa shape index (κ2) is 5.35. The van der Waals surface area contributed by atoms with Gasteiger partial charge in [0, 0.05) is 18.8 Å². The number of anilines is 1. The third-order valence-electron chi connectivity index (χ3n) is 3.74. The summed E-state index contributed by atoms with van der Waals surface area (Å²) in [6.07, 6.45) is 2.63. The highest BCUT2D eigenvalue weighted by molar-refractivity contribution is 5.67. The van der Waals surface area contributed by atoms with Gasteiger partial charge < -0.3 is 9.64 Å². The van der Waals surface area contributed by atoms with Crippen molar-refractivity contribution in [1.82, 2.24) is 0 Å². The molecule has 2 nitrogen and oxygen atoms in total. The van der Waals surface area contributed by atoms with Crippen LogP contribution in [0.3, 0.4) is 0 Å². The predicted octanol–water partition coefficient (Wildman–Crippen LogP) is 3.96. The summed E-state index contributed by atoms with van der Waals surface area (Å²) in [5, 5.41) is 0. The van der Waals surface area contributed by atoms with Gasteiger partial charge in [-0.25, -0.2) is 0 Å². The summed E-state index contributed by atoms with van der Waals surface area (Å²) in [4.78, 5) is 2.45. The van der Waals surface area contributed by atoms with Crippen LogP contribution in [0.2, 0.25) is 0 Å². The molecule has 0 radical (unpaired) electrons. The highest BCUT2D eigenvalue weighted by Crippen LogP contribution is 2.27. The fourth-order valence-electron chi connectivity index (χ4n) is 2.64. The summed E-state index contributed by atoms with van der Waals surface area (Å²) in [6.45, 7) is 2.39. The maximum atomic E-state index is 5.27. The minimum Gasteiger partial charge on any atom is -0.497 e. The first kappa shape index (κ1) is 12.1. The maximum absolute atomic E-state index is 5.27. The zero-order chi connectivity index (χ0) is 13.1. The molecule has 0 atom stereocenters. The van der Waals surface area contributed by atoms with Crippen molar-refractivity contribution < 1.29 is 4.74 Å². The van der Waals surface area contributed by atoms with E-state index >= 15 is 0 Å². The molecule has 0 aliphatic carbocycles. The molecule has 1 saturated heterocycles. The molecule has 0 amide bonds. The summed E-state index contributed by atoms with van der Waals surface area (Å²) < 4.78 is 5.27. The molecule has 3 rings (SSSR count). The van der Waals surface area contributed by atoms with Crippen LogP contribution in [-0.4, -0.2) is 20.2 Å². The van der Waals surface area contributed by atoms with Crippen LogP contribution in [0.15, 0.2) is 48.5 Å². The average Bonchev–Trinajstić information content (AvgIpc) is 3.02. The van der Waals surface area contributed by atoms with Crippen molar-refractivity contribution in [1.29, 1.82) is 0 Å². The molecule has 0 N–H and O–H groups in total. The molecule has 0 unspecified atom stereocenters. The number of benzene rings is 2. The van der Waals surface area contributed by atoms with Crippen molar-refractivity contribution in [2.75, 3.05) is 25.1 Å². The van der Waals surface area contributed by atoms with Gasteiger partial charge >= 0.3 is 0 Å². The molecule has 0 bridgehead atoms. The smallest absolute Gasteiger partial charge is 0.119 e. The molecule has 1 aliphatic heterocycles. The maximum Gasteiger partial charge on any atom is 0.119 e. The summed E-state index contributed by atoms with van der Waals surface area (Å²) in [5.41, 5.74) is 3.78. The van der Waals surface area contributed by atoms with Crippen molar-refractivity contribution >= 4 is 5.69 Å². The first-order valence-electron chi connectivity index (χ1n) is 6.86. The lowest BCUT2D eigenvalue weighted by molar-refractivity contribution is 0.415. The number of rotatable bonds is 3. The first-order valence-corrected chi connectivity index (χ1v) is 6.86. The molecule has 0 spiro atoms. The molecule has 2 aromatic rings. The zero-order valence-corrected chi connectivity index (χ0v) is 11.3. The van der Waals surface area contributed by atoms with Gasteiger partial charge in [-0.05, 0) is 48.2 Å². The van der Waals surface area contributed by atoms with Crippen molar-refractivity contribution in [2.45, 2.75) is 12.8 Å². The van der Waals surface area contributed by atoms with Crippen LogP contribution >= 0.6 is 0 Å². The predicted molar refractivity (Wildman–Crippen MR) is 79.9 cm³/mol. The van der Waals surface area contributed by atoms with Crippen molar-refractivity contribution in [2.24, 2.45) is 0 Å². The molecule has 19 heavy (non-hydrogen) atoms. The minimum absolute atomic E-state index is 0.904. The van der Waals surface area contributed by atoms with E-state index < -0.39 is 0 Å². The molecule has 98 valence electrons. The Morgan fingerprint density at radius 3 is 2.32 bits per heavy atom. The van der Waals surface area contributed by atoms with Crippen molar-refractivity contribution in [3.8, 4) is 16.9 Å². The molecule has 0 saturated carbocycles. The molecule has 1 fully saturated rings. The van der Waals surface area contributed by atoms with E-state index in [0.717, 1.165) is 5.75 Å². The number of methoxy groups -OCH3 is 1. The Bertz CT molecular complexity index is 541. The Morgan fingerprint density at radius 2 is 1.63 bits per heavy atom. The number of hydrogen-bond acceptors (Lipinski definition) is 2. The molecule has 1 aliphatic rings. The summed E-state index contributed by atoms with van der Waals surface area (Å²) >= 11 is 0. The van der Waals surface area contributed by atoms with Gasteiger partial charge in [-0.2, -0.15) is 0 Å². The Hall–Kier alpha value is -1.96. The van der Waals surface area contributed by atoms with E-state index in [1.165, 1.54) is 42.7 Å². The monoisotopic (exact) mass is 253 g/mol. The van der Waals surface area contributed by atoms with Gasteiger partial charge in [-0.3, -0.25) is 0 Å². The lowest BCUT2D eigenvalue weighted by Gasteiger charge is -2.17. The molecule has 1 heterocycles. The van der Waals surface area contributed by atoms with Crippen molar-refractivity contribution in [3.05, 3.63) is 48.5 Å². The highest BCUT2D eigenvalue weighted by atomic mass is 16.5. The number of nitrogens with zero attached hydrogens (tertiary/aromatic N) is 1. The van der Waals surface area contributed by atoms with Gasteiger partial charge in [0.05, 0.1) is 7.11 Å². The fourth-order valence-corrected chi connectivity index (χ4v) is 2.64. The Labute approximate surface area is 114 Å². The third kappa shape index (κ3) is 2.58. The van der Waals surface area contributed by atoms with E-state index in [4.69, 9.17) is 4.74 Å². The van der Waals surface area contributed by atoms with Crippen LogP contribution in [0.1, 0.15) is 12.8 Å². The van der Waals surface area contributed by atoms with E-state index in [1.54, 1.807) is 7.11 Å². The van der Waals surface area contributed by atoms with Crippen LogP contribution in [0.25, 0.3) is 11.1 Å². The Balaban J connectivity index is 1.84. The molecular weight excluding hydrogens is 234 g/mol. The summed E-state index contributed by atoms with van der Waals surface area (Å²) in [6, 6.07) is 17.0. The topological polar surface area (TPSA) is 12.5 Å². The average molecular weight is 253 g/mol. The minimum atomic E-state index is 0.904. The van der Waals surface area contributed by atoms with Crippen LogP contribution in [0.4, 0.5) is 5.69 Å². The SMILES string of the molecule is COc1cccc(-c2ccc(N3CCCC3)cc2)c1. The van der Waals surface area contributed by atoms with Crippen LogP contribution < -0.4 is 9.64 Å². The third-order valence-corrected chi connectivity index (χ3v) is 3.74. The summed E-state index contributed by atoms with van der Waals surface area (Å²) in [5.74, 6) is 0.904. The van der Waals surface area contributed by atoms with Gasteiger partial charge in [0.25, 0.3) is 0 Å². The number of ether oxygens (including phenoxy) is 1. The van der Waals surface area contributed by atoms with Gasteiger partial charge in [-0.15, -0.1) is 0 Å². The van der Waals surface area contributed by atoms with Gasteiger partial charge in [0.15, 0.2) is 0 Å². The fraction of sp³-hybridized carbons (Fsp3) is 0.294. The van der Waals surface area contributed by atoms with E-state index in [-0.39, 0.29) is 0 Å². The zero-order valence-electron chi connectivity index (χ0n) is 11.3. The second-order valence-corrected chi connectivity index (χ2v) is 4.97. The molecule has 2 aromatic carbocycles. The first-order chi connectivity index (χ1) is 9.36. The van der Waals surface area contributed by atoms with E-state index in [2.05, 4.69) is 41.3 Å². The van der Waals surface area contributed by atoms with E-state index in [9.17, 15) is 0 Å². The van der Waals surface area contributed by atoms with Crippen molar-refractivity contribution in [3.63, 3.8) is 0 Å². The van der Waals surface area contributed by atoms with Gasteiger partial charge in [0.2, 0.25) is 0 Å². The second-order valence-electron chi connectivity index (χ2n) is 4.97.